The van der Waals surface area contributed by atoms with Crippen molar-refractivity contribution in [3.05, 3.63) is 77.7 Å². The Morgan fingerprint density at radius 2 is 2.00 bits per heavy atom. The molecule has 130 valence electrons. The molecule has 26 heavy (non-hydrogen) atoms. The highest BCUT2D eigenvalue weighted by Crippen LogP contribution is 2.19. The maximum Gasteiger partial charge on any atom is 0.275 e. The molecule has 0 atom stereocenters. The lowest BCUT2D eigenvalue weighted by atomic mass is 10.1. The molecule has 4 aromatic rings. The quantitative estimate of drug-likeness (QED) is 0.617. The fourth-order valence-corrected chi connectivity index (χ4v) is 2.99. The minimum Gasteiger partial charge on any atom is -0.336 e. The number of aryl methyl sites for hydroxylation is 1. The average Bonchev–Trinajstić information content (AvgIpc) is 3.31. The van der Waals surface area contributed by atoms with Gasteiger partial charge in [-0.1, -0.05) is 23.8 Å². The second kappa shape index (κ2) is 6.48. The third-order valence-corrected chi connectivity index (χ3v) is 4.39. The summed E-state index contributed by atoms with van der Waals surface area (Å²) >= 11 is 0. The molecule has 2 aromatic heterocycles. The molecule has 2 heterocycles. The normalized spacial score (nSPS) is 11.0. The van der Waals surface area contributed by atoms with E-state index in [1.165, 1.54) is 0 Å². The molecule has 1 N–H and O–H groups in total. The highest BCUT2D eigenvalue weighted by Gasteiger charge is 2.18. The van der Waals surface area contributed by atoms with Gasteiger partial charge in [-0.25, -0.2) is 4.68 Å². The van der Waals surface area contributed by atoms with Crippen LogP contribution in [0.1, 0.15) is 21.6 Å². The Balaban J connectivity index is 1.53. The smallest absolute Gasteiger partial charge is 0.275 e. The van der Waals surface area contributed by atoms with Gasteiger partial charge in [0.1, 0.15) is 0 Å². The molecule has 0 bridgehead atoms. The molecular formula is C20H19N5O. The Hall–Kier alpha value is -3.41. The van der Waals surface area contributed by atoms with Gasteiger partial charge in [0.15, 0.2) is 5.69 Å². The minimum atomic E-state index is -0.0991. The Kier molecular flexibility index (Phi) is 4.01. The zero-order chi connectivity index (χ0) is 18.1. The molecule has 0 fully saturated rings. The number of carbonyl (C=O) groups is 1. The van der Waals surface area contributed by atoms with Gasteiger partial charge in [0.05, 0.1) is 11.2 Å². The van der Waals surface area contributed by atoms with Crippen LogP contribution in [-0.2, 0) is 6.54 Å². The summed E-state index contributed by atoms with van der Waals surface area (Å²) in [6.07, 6.45) is 3.64. The molecule has 0 radical (unpaired) electrons. The number of carbonyl (C=O) groups excluding carboxylic acids is 1. The Morgan fingerprint density at radius 3 is 2.73 bits per heavy atom. The van der Waals surface area contributed by atoms with Crippen LogP contribution in [-0.4, -0.2) is 37.8 Å². The minimum absolute atomic E-state index is 0.0991. The van der Waals surface area contributed by atoms with E-state index in [1.807, 2.05) is 61.7 Å². The second-order valence-electron chi connectivity index (χ2n) is 6.40. The first kappa shape index (κ1) is 16.1. The fourth-order valence-electron chi connectivity index (χ4n) is 2.99. The summed E-state index contributed by atoms with van der Waals surface area (Å²) in [4.78, 5) is 14.5. The van der Waals surface area contributed by atoms with Gasteiger partial charge in [0.25, 0.3) is 5.91 Å². The molecule has 0 aliphatic carbocycles. The van der Waals surface area contributed by atoms with Crippen LogP contribution in [0.3, 0.4) is 0 Å². The fraction of sp³-hybridized carbons (Fsp3) is 0.150. The van der Waals surface area contributed by atoms with Crippen LogP contribution >= 0.6 is 0 Å². The van der Waals surface area contributed by atoms with Crippen LogP contribution in [0.2, 0.25) is 0 Å². The summed E-state index contributed by atoms with van der Waals surface area (Å²) in [6, 6.07) is 15.8. The number of amides is 1. The summed E-state index contributed by atoms with van der Waals surface area (Å²) < 4.78 is 1.80. The van der Waals surface area contributed by atoms with Crippen molar-refractivity contribution >= 4 is 16.8 Å². The Morgan fingerprint density at radius 1 is 1.19 bits per heavy atom. The number of nitrogens with one attached hydrogen (secondary N) is 1. The number of H-pyrrole nitrogens is 1. The summed E-state index contributed by atoms with van der Waals surface area (Å²) in [5.74, 6) is -0.0991. The topological polar surface area (TPSA) is 66.8 Å². The SMILES string of the molecule is Cc1ccc2[nH]nc(C(=O)N(C)Cc3ccc(-n4cccn4)cc3)c2c1. The van der Waals surface area contributed by atoms with Crippen LogP contribution in [0.5, 0.6) is 0 Å². The third-order valence-electron chi connectivity index (χ3n) is 4.39. The van der Waals surface area contributed by atoms with Crippen molar-refractivity contribution in [1.82, 2.24) is 24.9 Å². The van der Waals surface area contributed by atoms with E-state index in [9.17, 15) is 4.79 Å². The number of fused-ring (bicyclic) bond motifs is 1. The zero-order valence-electron chi connectivity index (χ0n) is 14.7. The van der Waals surface area contributed by atoms with Gasteiger partial charge < -0.3 is 4.90 Å². The van der Waals surface area contributed by atoms with Gasteiger partial charge >= 0.3 is 0 Å². The highest BCUT2D eigenvalue weighted by atomic mass is 16.2. The average molecular weight is 345 g/mol. The summed E-state index contributed by atoms with van der Waals surface area (Å²) in [5.41, 5.74) is 4.47. The van der Waals surface area contributed by atoms with Crippen molar-refractivity contribution in [2.45, 2.75) is 13.5 Å². The Labute approximate surface area is 151 Å². The molecule has 0 aliphatic heterocycles. The van der Waals surface area contributed by atoms with E-state index in [4.69, 9.17) is 0 Å². The third kappa shape index (κ3) is 2.97. The van der Waals surface area contributed by atoms with E-state index in [-0.39, 0.29) is 5.91 Å². The predicted molar refractivity (Wildman–Crippen MR) is 100 cm³/mol. The Bertz CT molecular complexity index is 1050. The maximum absolute atomic E-state index is 12.8. The molecular weight excluding hydrogens is 326 g/mol. The lowest BCUT2D eigenvalue weighted by Crippen LogP contribution is -2.26. The molecule has 4 rings (SSSR count). The van der Waals surface area contributed by atoms with E-state index < -0.39 is 0 Å². The van der Waals surface area contributed by atoms with Gasteiger partial charge in [-0.2, -0.15) is 10.2 Å². The van der Waals surface area contributed by atoms with Gasteiger partial charge in [0.2, 0.25) is 0 Å². The predicted octanol–water partition coefficient (Wildman–Crippen LogP) is 3.33. The maximum atomic E-state index is 12.8. The number of rotatable bonds is 4. The van der Waals surface area contributed by atoms with Crippen LogP contribution in [0.15, 0.2) is 60.9 Å². The van der Waals surface area contributed by atoms with Crippen molar-refractivity contribution in [3.63, 3.8) is 0 Å². The van der Waals surface area contributed by atoms with Crippen LogP contribution in [0.25, 0.3) is 16.6 Å². The van der Waals surface area contributed by atoms with Gasteiger partial charge in [-0.15, -0.1) is 0 Å². The zero-order valence-corrected chi connectivity index (χ0v) is 14.7. The molecule has 0 saturated carbocycles. The number of hydrogen-bond donors (Lipinski definition) is 1. The molecule has 6 heteroatoms. The van der Waals surface area contributed by atoms with E-state index in [0.717, 1.165) is 27.7 Å². The molecule has 0 unspecified atom stereocenters. The van der Waals surface area contributed by atoms with Crippen molar-refractivity contribution in [1.29, 1.82) is 0 Å². The monoisotopic (exact) mass is 345 g/mol. The molecule has 2 aromatic carbocycles. The van der Waals surface area contributed by atoms with E-state index in [2.05, 4.69) is 15.3 Å². The number of aromatic nitrogens is 4. The van der Waals surface area contributed by atoms with Crippen molar-refractivity contribution < 1.29 is 4.79 Å². The van der Waals surface area contributed by atoms with Gasteiger partial charge in [-0.05, 0) is 42.8 Å². The highest BCUT2D eigenvalue weighted by molar-refractivity contribution is 6.04. The summed E-state index contributed by atoms with van der Waals surface area (Å²) in [6.45, 7) is 2.52. The molecule has 0 spiro atoms. The largest absolute Gasteiger partial charge is 0.336 e. The molecule has 0 saturated heterocycles. The van der Waals surface area contributed by atoms with Gasteiger partial charge in [-0.3, -0.25) is 9.89 Å². The molecule has 6 nitrogen and oxygen atoms in total. The van der Waals surface area contributed by atoms with Crippen molar-refractivity contribution in [2.24, 2.45) is 0 Å². The van der Waals surface area contributed by atoms with E-state index in [1.54, 1.807) is 22.8 Å². The summed E-state index contributed by atoms with van der Waals surface area (Å²) in [7, 11) is 1.79. The van der Waals surface area contributed by atoms with Gasteiger partial charge in [0, 0.05) is 31.4 Å². The lowest BCUT2D eigenvalue weighted by Gasteiger charge is -2.16. The van der Waals surface area contributed by atoms with Crippen LogP contribution in [0, 0.1) is 6.92 Å². The van der Waals surface area contributed by atoms with Crippen molar-refractivity contribution in [2.75, 3.05) is 7.05 Å². The molecule has 0 aliphatic rings. The van der Waals surface area contributed by atoms with Crippen LogP contribution in [0.4, 0.5) is 0 Å². The first-order valence-corrected chi connectivity index (χ1v) is 8.41. The number of benzene rings is 2. The first-order chi connectivity index (χ1) is 12.6. The summed E-state index contributed by atoms with van der Waals surface area (Å²) in [5, 5.41) is 12.2. The van der Waals surface area contributed by atoms with E-state index in [0.29, 0.717) is 12.2 Å². The second-order valence-corrected chi connectivity index (χ2v) is 6.40. The number of aromatic amines is 1. The van der Waals surface area contributed by atoms with E-state index >= 15 is 0 Å². The number of hydrogen-bond acceptors (Lipinski definition) is 3. The lowest BCUT2D eigenvalue weighted by molar-refractivity contribution is 0.0781. The standard InChI is InChI=1S/C20H19N5O/c1-14-4-9-18-17(12-14)19(23-22-18)20(26)24(2)13-15-5-7-16(8-6-15)25-11-3-10-21-25/h3-12H,13H2,1-2H3,(H,22,23). The van der Waals surface area contributed by atoms with Crippen LogP contribution < -0.4 is 0 Å². The number of nitrogens with zero attached hydrogens (tertiary/aromatic N) is 4. The van der Waals surface area contributed by atoms with Crippen molar-refractivity contribution in [3.8, 4) is 5.69 Å². The molecule has 1 amide bonds. The first-order valence-electron chi connectivity index (χ1n) is 8.41.